The topological polar surface area (TPSA) is 98.1 Å². The molecule has 0 aliphatic heterocycles. The van der Waals surface area contributed by atoms with Gasteiger partial charge in [-0.15, -0.1) is 0 Å². The lowest BCUT2D eigenvalue weighted by Crippen LogP contribution is -2.29. The Bertz CT molecular complexity index is 680. The van der Waals surface area contributed by atoms with E-state index in [1.54, 1.807) is 0 Å². The third kappa shape index (κ3) is 3.95. The van der Waals surface area contributed by atoms with Crippen LogP contribution >= 0.6 is 0 Å². The van der Waals surface area contributed by atoms with Crippen LogP contribution in [0.15, 0.2) is 47.6 Å². The first kappa shape index (κ1) is 14.8. The van der Waals surface area contributed by atoms with Crippen LogP contribution in [-0.2, 0) is 4.79 Å². The second-order valence-electron chi connectivity index (χ2n) is 4.64. The van der Waals surface area contributed by atoms with Crippen LogP contribution in [0, 0.1) is 0 Å². The molecule has 0 aromatic heterocycles. The van der Waals surface area contributed by atoms with Crippen molar-refractivity contribution in [2.45, 2.75) is 12.5 Å². The van der Waals surface area contributed by atoms with E-state index in [0.717, 1.165) is 10.8 Å². The number of azide groups is 1. The van der Waals surface area contributed by atoms with Crippen LogP contribution in [0.1, 0.15) is 18.0 Å². The van der Waals surface area contributed by atoms with Gasteiger partial charge in [0.1, 0.15) is 6.04 Å². The zero-order valence-electron chi connectivity index (χ0n) is 11.4. The summed E-state index contributed by atoms with van der Waals surface area (Å²) in [4.78, 5) is 14.1. The quantitative estimate of drug-likeness (QED) is 0.353. The smallest absolute Gasteiger partial charge is 0.325 e. The Hall–Kier alpha value is -2.56. The third-order valence-electron chi connectivity index (χ3n) is 3.20. The molecule has 2 N–H and O–H groups in total. The zero-order valence-corrected chi connectivity index (χ0v) is 11.4. The van der Waals surface area contributed by atoms with Crippen LogP contribution in [0.4, 0.5) is 0 Å². The Morgan fingerprint density at radius 2 is 2.05 bits per heavy atom. The predicted molar refractivity (Wildman–Crippen MR) is 81.0 cm³/mol. The highest BCUT2D eigenvalue weighted by Gasteiger charge is 2.18. The van der Waals surface area contributed by atoms with Gasteiger partial charge in [0, 0.05) is 11.5 Å². The monoisotopic (exact) mass is 284 g/mol. The molecule has 0 saturated carbocycles. The van der Waals surface area contributed by atoms with Crippen molar-refractivity contribution >= 4 is 16.7 Å². The van der Waals surface area contributed by atoms with Crippen LogP contribution in [0.3, 0.4) is 0 Å². The van der Waals surface area contributed by atoms with Gasteiger partial charge in [-0.05, 0) is 40.9 Å². The van der Waals surface area contributed by atoms with E-state index in [9.17, 15) is 9.90 Å². The highest BCUT2D eigenvalue weighted by Crippen LogP contribution is 2.20. The van der Waals surface area contributed by atoms with Crippen molar-refractivity contribution in [1.82, 2.24) is 5.32 Å². The maximum Gasteiger partial charge on any atom is 0.325 e. The number of carboxylic acids is 1. The van der Waals surface area contributed by atoms with Gasteiger partial charge in [0.15, 0.2) is 0 Å². The number of hydrogen-bond acceptors (Lipinski definition) is 3. The van der Waals surface area contributed by atoms with Crippen molar-refractivity contribution in [2.24, 2.45) is 5.11 Å². The largest absolute Gasteiger partial charge is 0.480 e. The molecule has 2 aromatic rings. The maximum absolute atomic E-state index is 11.4. The van der Waals surface area contributed by atoms with E-state index in [4.69, 9.17) is 5.53 Å². The van der Waals surface area contributed by atoms with Crippen molar-refractivity contribution in [1.29, 1.82) is 0 Å². The fourth-order valence-electron chi connectivity index (χ4n) is 2.18. The van der Waals surface area contributed by atoms with Gasteiger partial charge in [0.2, 0.25) is 0 Å². The van der Waals surface area contributed by atoms with Crippen molar-refractivity contribution in [2.75, 3.05) is 13.1 Å². The Labute approximate surface area is 122 Å². The highest BCUT2D eigenvalue weighted by molar-refractivity contribution is 5.85. The van der Waals surface area contributed by atoms with E-state index in [-0.39, 0.29) is 0 Å². The number of nitrogens with one attached hydrogen (secondary N) is 1. The van der Waals surface area contributed by atoms with Crippen LogP contribution in [0.2, 0.25) is 0 Å². The molecule has 0 spiro atoms. The van der Waals surface area contributed by atoms with Gasteiger partial charge >= 0.3 is 5.97 Å². The van der Waals surface area contributed by atoms with E-state index in [2.05, 4.69) is 15.3 Å². The third-order valence-corrected chi connectivity index (χ3v) is 3.20. The first-order chi connectivity index (χ1) is 10.2. The van der Waals surface area contributed by atoms with Crippen LogP contribution in [-0.4, -0.2) is 24.2 Å². The van der Waals surface area contributed by atoms with E-state index in [1.807, 2.05) is 42.5 Å². The number of hydrogen-bond donors (Lipinski definition) is 2. The molecule has 21 heavy (non-hydrogen) atoms. The molecule has 2 rings (SSSR count). The lowest BCUT2D eigenvalue weighted by Gasteiger charge is -2.15. The molecule has 0 aliphatic carbocycles. The van der Waals surface area contributed by atoms with Gasteiger partial charge in [-0.1, -0.05) is 41.5 Å². The van der Waals surface area contributed by atoms with E-state index in [0.29, 0.717) is 25.1 Å². The van der Waals surface area contributed by atoms with Gasteiger partial charge in [0.05, 0.1) is 0 Å². The summed E-state index contributed by atoms with van der Waals surface area (Å²) in [5, 5.41) is 17.8. The van der Waals surface area contributed by atoms with Gasteiger partial charge in [0.25, 0.3) is 0 Å². The molecular weight excluding hydrogens is 268 g/mol. The predicted octanol–water partition coefficient (Wildman–Crippen LogP) is 3.26. The number of carbonyl (C=O) groups is 1. The van der Waals surface area contributed by atoms with Gasteiger partial charge < -0.3 is 10.4 Å². The molecule has 0 fully saturated rings. The normalized spacial score (nSPS) is 11.8. The SMILES string of the molecule is [N-]=[N+]=NCCCNC(C(=O)O)c1ccc2ccccc2c1. The molecule has 0 saturated heterocycles. The molecule has 108 valence electrons. The van der Waals surface area contributed by atoms with Crippen LogP contribution in [0.5, 0.6) is 0 Å². The zero-order chi connectivity index (χ0) is 15.1. The summed E-state index contributed by atoms with van der Waals surface area (Å²) in [5.74, 6) is -0.922. The van der Waals surface area contributed by atoms with Crippen molar-refractivity contribution in [3.8, 4) is 0 Å². The molecular formula is C15H16N4O2. The summed E-state index contributed by atoms with van der Waals surface area (Å²) in [6.07, 6.45) is 0.599. The van der Waals surface area contributed by atoms with E-state index >= 15 is 0 Å². The van der Waals surface area contributed by atoms with Crippen molar-refractivity contribution < 1.29 is 9.90 Å². The number of nitrogens with zero attached hydrogens (tertiary/aromatic N) is 3. The summed E-state index contributed by atoms with van der Waals surface area (Å²) in [6, 6.07) is 12.7. The first-order valence-corrected chi connectivity index (χ1v) is 6.68. The Kier molecular flexibility index (Phi) is 5.15. The molecule has 1 atom stereocenters. The lowest BCUT2D eigenvalue weighted by molar-refractivity contribution is -0.139. The molecule has 0 aliphatic rings. The fourth-order valence-corrected chi connectivity index (χ4v) is 2.18. The fraction of sp³-hybridized carbons (Fsp3) is 0.267. The second kappa shape index (κ2) is 7.28. The average Bonchev–Trinajstić information content (AvgIpc) is 2.50. The molecule has 0 bridgehead atoms. The molecule has 1 unspecified atom stereocenters. The Morgan fingerprint density at radius 1 is 1.29 bits per heavy atom. The summed E-state index contributed by atoms with van der Waals surface area (Å²) in [5.41, 5.74) is 8.90. The molecule has 0 amide bonds. The number of aliphatic carboxylic acids is 1. The molecule has 0 radical (unpaired) electrons. The van der Waals surface area contributed by atoms with Gasteiger partial charge in [-0.3, -0.25) is 4.79 Å². The van der Waals surface area contributed by atoms with Crippen molar-refractivity contribution in [3.05, 3.63) is 58.5 Å². The standard InChI is InChI=1S/C15H16N4O2/c16-19-18-9-3-8-17-14(15(20)21)13-7-6-11-4-1-2-5-12(11)10-13/h1-2,4-7,10,14,17H,3,8-9H2,(H,20,21). The number of rotatable bonds is 7. The van der Waals surface area contributed by atoms with Gasteiger partial charge in [-0.2, -0.15) is 0 Å². The average molecular weight is 284 g/mol. The Morgan fingerprint density at radius 3 is 2.76 bits per heavy atom. The van der Waals surface area contributed by atoms with Crippen molar-refractivity contribution in [3.63, 3.8) is 0 Å². The van der Waals surface area contributed by atoms with Gasteiger partial charge in [-0.25, -0.2) is 0 Å². The molecule has 6 heteroatoms. The lowest BCUT2D eigenvalue weighted by atomic mass is 10.0. The number of benzene rings is 2. The summed E-state index contributed by atoms with van der Waals surface area (Å²) >= 11 is 0. The minimum absolute atomic E-state index is 0.355. The Balaban J connectivity index is 2.12. The summed E-state index contributed by atoms with van der Waals surface area (Å²) < 4.78 is 0. The van der Waals surface area contributed by atoms with E-state index < -0.39 is 12.0 Å². The number of carboxylic acid groups (broad SMARTS) is 1. The molecule has 6 nitrogen and oxygen atoms in total. The second-order valence-corrected chi connectivity index (χ2v) is 4.64. The minimum atomic E-state index is -0.922. The molecule has 2 aromatic carbocycles. The van der Waals surface area contributed by atoms with E-state index in [1.165, 1.54) is 0 Å². The highest BCUT2D eigenvalue weighted by atomic mass is 16.4. The minimum Gasteiger partial charge on any atom is -0.480 e. The maximum atomic E-state index is 11.4. The summed E-state index contributed by atoms with van der Waals surface area (Å²) in [7, 11) is 0. The first-order valence-electron chi connectivity index (χ1n) is 6.68. The summed E-state index contributed by atoms with van der Waals surface area (Å²) in [6.45, 7) is 0.830. The van der Waals surface area contributed by atoms with Crippen LogP contribution < -0.4 is 5.32 Å². The molecule has 0 heterocycles. The van der Waals surface area contributed by atoms with Crippen LogP contribution in [0.25, 0.3) is 21.2 Å². The number of fused-ring (bicyclic) bond motifs is 1.